The molecule has 8 nitrogen and oxygen atoms in total. The minimum absolute atomic E-state index is 0.119. The average molecular weight is 441 g/mol. The number of ketones is 1. The normalized spacial score (nSPS) is 11.0. The number of anilines is 1. The zero-order chi connectivity index (χ0) is 22.4. The second-order valence-corrected chi connectivity index (χ2v) is 8.59. The first-order valence-electron chi connectivity index (χ1n) is 9.18. The molecule has 1 amide bonds. The number of furan rings is 1. The van der Waals surface area contributed by atoms with E-state index in [1.807, 2.05) is 0 Å². The van der Waals surface area contributed by atoms with E-state index in [2.05, 4.69) is 5.32 Å². The van der Waals surface area contributed by atoms with Gasteiger partial charge in [0.25, 0.3) is 0 Å². The first kappa shape index (κ1) is 22.0. The summed E-state index contributed by atoms with van der Waals surface area (Å²) in [6.45, 7) is 0.816. The molecular weight excluding hydrogens is 422 g/mol. The summed E-state index contributed by atoms with van der Waals surface area (Å²) in [5.41, 5.74) is 0.954. The fourth-order valence-electron chi connectivity index (χ4n) is 2.77. The first-order valence-corrected chi connectivity index (χ1v) is 10.8. The number of amides is 1. The van der Waals surface area contributed by atoms with Gasteiger partial charge in [-0.05, 0) is 42.5 Å². The number of hydrogen-bond donors (Lipinski definition) is 1. The third-order valence-electron chi connectivity index (χ3n) is 4.24. The summed E-state index contributed by atoms with van der Waals surface area (Å²) in [4.78, 5) is 35.8. The topological polar surface area (TPSA) is 120 Å². The Labute approximate surface area is 178 Å². The molecule has 0 spiro atoms. The van der Waals surface area contributed by atoms with Gasteiger partial charge < -0.3 is 14.5 Å². The quantitative estimate of drug-likeness (QED) is 0.421. The van der Waals surface area contributed by atoms with E-state index in [9.17, 15) is 22.8 Å². The summed E-state index contributed by atoms with van der Waals surface area (Å²) in [6.07, 6.45) is 1.19. The lowest BCUT2D eigenvalue weighted by Crippen LogP contribution is -2.16. The van der Waals surface area contributed by atoms with Gasteiger partial charge in [-0.1, -0.05) is 18.2 Å². The zero-order valence-electron chi connectivity index (χ0n) is 16.5. The van der Waals surface area contributed by atoms with Gasteiger partial charge >= 0.3 is 5.97 Å². The number of ether oxygens (including phenoxy) is 1. The van der Waals surface area contributed by atoms with Gasteiger partial charge in [0.15, 0.2) is 22.2 Å². The van der Waals surface area contributed by atoms with Crippen LogP contribution in [0, 0.1) is 0 Å². The van der Waals surface area contributed by atoms with Crippen molar-refractivity contribution in [3.05, 3.63) is 83.8 Å². The van der Waals surface area contributed by atoms with Gasteiger partial charge in [0, 0.05) is 23.7 Å². The monoisotopic (exact) mass is 441 g/mol. The van der Waals surface area contributed by atoms with Crippen molar-refractivity contribution in [2.24, 2.45) is 0 Å². The number of nitrogens with one attached hydrogen (secondary N) is 1. The van der Waals surface area contributed by atoms with Gasteiger partial charge in [-0.2, -0.15) is 0 Å². The maximum Gasteiger partial charge on any atom is 0.374 e. The van der Waals surface area contributed by atoms with Gasteiger partial charge in [-0.3, -0.25) is 9.59 Å². The highest BCUT2D eigenvalue weighted by Crippen LogP contribution is 2.20. The van der Waals surface area contributed by atoms with E-state index in [1.54, 1.807) is 30.3 Å². The van der Waals surface area contributed by atoms with Crippen molar-refractivity contribution in [3.63, 3.8) is 0 Å². The highest BCUT2D eigenvalue weighted by molar-refractivity contribution is 7.90. The number of benzene rings is 2. The summed E-state index contributed by atoms with van der Waals surface area (Å²) in [6, 6.07) is 15.3. The van der Waals surface area contributed by atoms with Crippen molar-refractivity contribution in [2.45, 2.75) is 17.6 Å². The van der Waals surface area contributed by atoms with Crippen LogP contribution >= 0.6 is 0 Å². The molecular formula is C22H19NO7S. The number of esters is 1. The Bertz CT molecular complexity index is 1200. The number of hydrogen-bond acceptors (Lipinski definition) is 7. The fourth-order valence-corrected chi connectivity index (χ4v) is 4.14. The molecule has 0 aliphatic rings. The third-order valence-corrected chi connectivity index (χ3v) is 5.92. The molecule has 160 valence electrons. The molecule has 1 aromatic heterocycles. The Morgan fingerprint density at radius 1 is 0.968 bits per heavy atom. The number of sulfone groups is 1. The molecule has 9 heteroatoms. The predicted molar refractivity (Wildman–Crippen MR) is 111 cm³/mol. The molecule has 31 heavy (non-hydrogen) atoms. The van der Waals surface area contributed by atoms with Crippen LogP contribution in [0.1, 0.15) is 33.4 Å². The summed E-state index contributed by atoms with van der Waals surface area (Å²) in [5.74, 6) is -2.36. The lowest BCUT2D eigenvalue weighted by Gasteiger charge is -2.07. The SMILES string of the molecule is CC(=O)Nc1ccc(C(=O)COC(=O)c2occc2CS(=O)(=O)c2ccccc2)cc1. The maximum atomic E-state index is 12.5. The van der Waals surface area contributed by atoms with Gasteiger partial charge in [-0.25, -0.2) is 13.2 Å². The second-order valence-electron chi connectivity index (χ2n) is 6.60. The summed E-state index contributed by atoms with van der Waals surface area (Å²) >= 11 is 0. The summed E-state index contributed by atoms with van der Waals surface area (Å²) < 4.78 is 35.2. The number of rotatable bonds is 8. The average Bonchev–Trinajstić information content (AvgIpc) is 3.20. The van der Waals surface area contributed by atoms with Crippen LogP contribution < -0.4 is 5.32 Å². The maximum absolute atomic E-state index is 12.5. The van der Waals surface area contributed by atoms with Crippen molar-refractivity contribution in [1.82, 2.24) is 0 Å². The Morgan fingerprint density at radius 3 is 2.29 bits per heavy atom. The highest BCUT2D eigenvalue weighted by atomic mass is 32.2. The summed E-state index contributed by atoms with van der Waals surface area (Å²) in [7, 11) is -3.69. The molecule has 1 N–H and O–H groups in total. The van der Waals surface area contributed by atoms with E-state index in [0.29, 0.717) is 5.69 Å². The van der Waals surface area contributed by atoms with Crippen LogP contribution in [0.25, 0.3) is 0 Å². The van der Waals surface area contributed by atoms with Crippen molar-refractivity contribution in [1.29, 1.82) is 0 Å². The van der Waals surface area contributed by atoms with Crippen LogP contribution in [0.5, 0.6) is 0 Å². The minimum atomic E-state index is -3.69. The van der Waals surface area contributed by atoms with Gasteiger partial charge in [0.1, 0.15) is 0 Å². The number of carbonyl (C=O) groups excluding carboxylic acids is 3. The van der Waals surface area contributed by atoms with Crippen LogP contribution in [-0.2, 0) is 25.1 Å². The molecule has 2 aromatic carbocycles. The van der Waals surface area contributed by atoms with Gasteiger partial charge in [0.2, 0.25) is 11.7 Å². The van der Waals surface area contributed by atoms with E-state index in [0.717, 1.165) is 0 Å². The lowest BCUT2D eigenvalue weighted by molar-refractivity contribution is -0.114. The molecule has 0 atom stereocenters. The van der Waals surface area contributed by atoms with Crippen molar-refractivity contribution in [3.8, 4) is 0 Å². The van der Waals surface area contributed by atoms with E-state index < -0.39 is 33.9 Å². The van der Waals surface area contributed by atoms with E-state index in [-0.39, 0.29) is 27.7 Å². The fraction of sp³-hybridized carbons (Fsp3) is 0.136. The first-order chi connectivity index (χ1) is 14.8. The van der Waals surface area contributed by atoms with E-state index in [4.69, 9.17) is 9.15 Å². The van der Waals surface area contributed by atoms with Crippen LogP contribution in [0.3, 0.4) is 0 Å². The van der Waals surface area contributed by atoms with Crippen LogP contribution in [0.2, 0.25) is 0 Å². The van der Waals surface area contributed by atoms with Crippen LogP contribution in [-0.4, -0.2) is 32.7 Å². The molecule has 0 bridgehead atoms. The van der Waals surface area contributed by atoms with E-state index >= 15 is 0 Å². The third kappa shape index (κ3) is 5.67. The molecule has 3 aromatic rings. The Balaban J connectivity index is 1.64. The van der Waals surface area contributed by atoms with Crippen molar-refractivity contribution < 1.29 is 32.0 Å². The molecule has 0 aliphatic heterocycles. The molecule has 0 unspecified atom stereocenters. The van der Waals surface area contributed by atoms with E-state index in [1.165, 1.54) is 43.5 Å². The zero-order valence-corrected chi connectivity index (χ0v) is 17.3. The second kappa shape index (κ2) is 9.40. The molecule has 1 heterocycles. The molecule has 0 saturated carbocycles. The molecule has 0 fully saturated rings. The smallest absolute Gasteiger partial charge is 0.374 e. The molecule has 0 radical (unpaired) electrons. The molecule has 0 saturated heterocycles. The largest absolute Gasteiger partial charge is 0.457 e. The lowest BCUT2D eigenvalue weighted by atomic mass is 10.1. The van der Waals surface area contributed by atoms with Gasteiger partial charge in [-0.15, -0.1) is 0 Å². The minimum Gasteiger partial charge on any atom is -0.457 e. The predicted octanol–water partition coefficient (Wildman–Crippen LogP) is 3.25. The number of Topliss-reactive ketones (excluding diaryl/α,β-unsaturated/α-hetero) is 1. The summed E-state index contributed by atoms with van der Waals surface area (Å²) in [5, 5.41) is 2.58. The Hall–Kier alpha value is -3.72. The molecule has 0 aliphatic carbocycles. The van der Waals surface area contributed by atoms with Crippen LogP contribution in [0.4, 0.5) is 5.69 Å². The number of carbonyl (C=O) groups is 3. The van der Waals surface area contributed by atoms with Crippen molar-refractivity contribution >= 4 is 33.2 Å². The standard InChI is InChI=1S/C22H19NO7S/c1-15(24)23-18-9-7-16(8-10-18)20(25)13-30-22(26)21-17(11-12-29-21)14-31(27,28)19-5-3-2-4-6-19/h2-12H,13-14H2,1H3,(H,23,24). The highest BCUT2D eigenvalue weighted by Gasteiger charge is 2.24. The van der Waals surface area contributed by atoms with Gasteiger partial charge in [0.05, 0.1) is 16.9 Å². The Morgan fingerprint density at radius 2 is 1.65 bits per heavy atom. The van der Waals surface area contributed by atoms with Crippen LogP contribution in [0.15, 0.2) is 76.2 Å². The molecule has 3 rings (SSSR count). The Kier molecular flexibility index (Phi) is 6.66. The van der Waals surface area contributed by atoms with Crippen molar-refractivity contribution in [2.75, 3.05) is 11.9 Å².